The number of ether oxygens (including phenoxy) is 2. The van der Waals surface area contributed by atoms with E-state index in [0.717, 1.165) is 30.1 Å². The van der Waals surface area contributed by atoms with Crippen LogP contribution in [-0.2, 0) is 28.3 Å². The van der Waals surface area contributed by atoms with Gasteiger partial charge in [-0.15, -0.1) is 0 Å². The summed E-state index contributed by atoms with van der Waals surface area (Å²) < 4.78 is 13.4. The lowest BCUT2D eigenvalue weighted by Gasteiger charge is -2.45. The zero-order valence-corrected chi connectivity index (χ0v) is 17.9. The Labute approximate surface area is 183 Å². The van der Waals surface area contributed by atoms with Crippen LogP contribution in [0.3, 0.4) is 0 Å². The maximum atomic E-state index is 6.82. The van der Waals surface area contributed by atoms with E-state index in [0.29, 0.717) is 13.2 Å². The van der Waals surface area contributed by atoms with Gasteiger partial charge in [0.15, 0.2) is 0 Å². The van der Waals surface area contributed by atoms with Gasteiger partial charge in [-0.25, -0.2) is 0 Å². The summed E-state index contributed by atoms with van der Waals surface area (Å²) in [4.78, 5) is 0. The number of rotatable bonds is 1. The molecular formula is C26H26ClNO2. The van der Waals surface area contributed by atoms with E-state index in [1.165, 1.54) is 27.8 Å². The zero-order chi connectivity index (χ0) is 20.6. The van der Waals surface area contributed by atoms with Gasteiger partial charge in [0, 0.05) is 11.6 Å². The first-order chi connectivity index (χ1) is 14.7. The molecule has 2 unspecified atom stereocenters. The lowest BCUT2D eigenvalue weighted by molar-refractivity contribution is -0.176. The average Bonchev–Trinajstić information content (AvgIpc) is 2.77. The van der Waals surface area contributed by atoms with Crippen molar-refractivity contribution < 1.29 is 9.47 Å². The predicted octanol–water partition coefficient (Wildman–Crippen LogP) is 5.62. The molecule has 3 aromatic carbocycles. The highest BCUT2D eigenvalue weighted by Crippen LogP contribution is 2.41. The molecule has 0 amide bonds. The van der Waals surface area contributed by atoms with Gasteiger partial charge in [-0.3, -0.25) is 0 Å². The highest BCUT2D eigenvalue weighted by atomic mass is 35.5. The van der Waals surface area contributed by atoms with Gasteiger partial charge in [0.05, 0.1) is 13.2 Å². The molecule has 154 valence electrons. The third-order valence-corrected chi connectivity index (χ3v) is 6.68. The maximum Gasteiger partial charge on any atom is 0.122 e. The number of halogens is 1. The molecule has 3 nitrogen and oxygen atoms in total. The predicted molar refractivity (Wildman–Crippen MR) is 121 cm³/mol. The minimum Gasteiger partial charge on any atom is -0.369 e. The zero-order valence-electron chi connectivity index (χ0n) is 17.2. The van der Waals surface area contributed by atoms with Crippen molar-refractivity contribution in [3.05, 3.63) is 94.0 Å². The van der Waals surface area contributed by atoms with E-state index in [-0.39, 0.29) is 6.10 Å². The van der Waals surface area contributed by atoms with Crippen molar-refractivity contribution in [3.63, 3.8) is 0 Å². The largest absolute Gasteiger partial charge is 0.369 e. The van der Waals surface area contributed by atoms with E-state index in [1.54, 1.807) is 0 Å². The van der Waals surface area contributed by atoms with Crippen LogP contribution in [-0.4, -0.2) is 19.2 Å². The van der Waals surface area contributed by atoms with Crippen molar-refractivity contribution in [2.24, 2.45) is 0 Å². The van der Waals surface area contributed by atoms with Crippen LogP contribution >= 0.6 is 11.6 Å². The van der Waals surface area contributed by atoms with Crippen LogP contribution in [0.2, 0.25) is 5.02 Å². The van der Waals surface area contributed by atoms with Gasteiger partial charge >= 0.3 is 0 Å². The van der Waals surface area contributed by atoms with Gasteiger partial charge < -0.3 is 14.8 Å². The minimum absolute atomic E-state index is 0.0909. The Kier molecular flexibility index (Phi) is 5.38. The van der Waals surface area contributed by atoms with Crippen LogP contribution in [0.15, 0.2) is 66.7 Å². The Bertz CT molecular complexity index is 1050. The number of hydrogen-bond acceptors (Lipinski definition) is 3. The van der Waals surface area contributed by atoms with Gasteiger partial charge in [-0.2, -0.15) is 0 Å². The van der Waals surface area contributed by atoms with Crippen LogP contribution in [0.4, 0.5) is 0 Å². The Morgan fingerprint density at radius 1 is 0.933 bits per heavy atom. The lowest BCUT2D eigenvalue weighted by Crippen LogP contribution is -2.54. The highest BCUT2D eigenvalue weighted by molar-refractivity contribution is 6.30. The van der Waals surface area contributed by atoms with Crippen LogP contribution in [0.5, 0.6) is 0 Å². The topological polar surface area (TPSA) is 30.5 Å². The summed E-state index contributed by atoms with van der Waals surface area (Å²) in [5.74, 6) is 0. The van der Waals surface area contributed by atoms with Gasteiger partial charge in [-0.1, -0.05) is 66.2 Å². The van der Waals surface area contributed by atoms with Gasteiger partial charge in [0.2, 0.25) is 0 Å². The summed E-state index contributed by atoms with van der Waals surface area (Å²) in [5.41, 5.74) is 6.80. The summed E-state index contributed by atoms with van der Waals surface area (Å²) in [6, 6.07) is 23.1. The number of fused-ring (bicyclic) bond motifs is 4. The molecule has 1 saturated heterocycles. The monoisotopic (exact) mass is 419 g/mol. The fourth-order valence-corrected chi connectivity index (χ4v) is 4.98. The SMILES string of the molecule is Cc1cccc2c1-c1ccccc1COC1CNCCC1(c1ccc(Cl)cc1)OC2. The lowest BCUT2D eigenvalue weighted by atomic mass is 9.81. The van der Waals surface area contributed by atoms with Gasteiger partial charge in [0.1, 0.15) is 11.7 Å². The second-order valence-electron chi connectivity index (χ2n) is 8.21. The van der Waals surface area contributed by atoms with E-state index >= 15 is 0 Å². The number of nitrogens with one attached hydrogen (secondary N) is 1. The Morgan fingerprint density at radius 3 is 2.60 bits per heavy atom. The number of hydrogen-bond donors (Lipinski definition) is 1. The smallest absolute Gasteiger partial charge is 0.122 e. The van der Waals surface area contributed by atoms with Crippen LogP contribution < -0.4 is 5.32 Å². The first kappa shape index (κ1) is 19.8. The Morgan fingerprint density at radius 2 is 1.73 bits per heavy atom. The van der Waals surface area contributed by atoms with Crippen molar-refractivity contribution in [1.29, 1.82) is 0 Å². The fourth-order valence-electron chi connectivity index (χ4n) is 4.86. The molecule has 0 aromatic heterocycles. The normalized spacial score (nSPS) is 23.7. The quantitative estimate of drug-likeness (QED) is 0.555. The molecule has 0 aliphatic carbocycles. The standard InChI is InChI=1S/C26H26ClNO2/c1-18-5-4-7-20-17-30-26(21-9-11-22(27)12-10-21)13-14-28-15-24(26)29-16-19-6-2-3-8-23(19)25(18)20/h2-12,24,28H,13-17H2,1H3. The number of benzene rings is 3. The summed E-state index contributed by atoms with van der Waals surface area (Å²) in [6.45, 7) is 4.90. The number of piperidine rings is 1. The van der Waals surface area contributed by atoms with Gasteiger partial charge in [-0.05, 0) is 65.4 Å². The summed E-state index contributed by atoms with van der Waals surface area (Å²) in [5, 5.41) is 4.23. The van der Waals surface area contributed by atoms with Crippen molar-refractivity contribution in [3.8, 4) is 11.1 Å². The molecule has 2 aliphatic heterocycles. The van der Waals surface area contributed by atoms with Gasteiger partial charge in [0.25, 0.3) is 0 Å². The molecule has 4 heteroatoms. The molecule has 0 radical (unpaired) electrons. The van der Waals surface area contributed by atoms with Crippen molar-refractivity contribution >= 4 is 11.6 Å². The molecule has 2 heterocycles. The van der Waals surface area contributed by atoms with E-state index in [2.05, 4.69) is 66.8 Å². The first-order valence-electron chi connectivity index (χ1n) is 10.6. The molecule has 2 aliphatic rings. The molecular weight excluding hydrogens is 394 g/mol. The second kappa shape index (κ2) is 8.16. The molecule has 0 saturated carbocycles. The molecule has 0 bridgehead atoms. The molecule has 3 aromatic rings. The number of aryl methyl sites for hydroxylation is 1. The van der Waals surface area contributed by atoms with E-state index in [4.69, 9.17) is 21.1 Å². The van der Waals surface area contributed by atoms with Crippen LogP contribution in [0.1, 0.15) is 28.7 Å². The van der Waals surface area contributed by atoms with Crippen LogP contribution in [0.25, 0.3) is 11.1 Å². The summed E-state index contributed by atoms with van der Waals surface area (Å²) in [6.07, 6.45) is 0.758. The highest BCUT2D eigenvalue weighted by Gasteiger charge is 2.45. The maximum absolute atomic E-state index is 6.82. The fraction of sp³-hybridized carbons (Fsp3) is 0.308. The minimum atomic E-state index is -0.511. The van der Waals surface area contributed by atoms with E-state index in [1.807, 2.05) is 12.1 Å². The molecule has 5 rings (SSSR count). The Hall–Kier alpha value is -2.17. The van der Waals surface area contributed by atoms with Crippen molar-refractivity contribution in [2.45, 2.75) is 38.3 Å². The Balaban J connectivity index is 1.65. The third-order valence-electron chi connectivity index (χ3n) is 6.43. The molecule has 2 atom stereocenters. The van der Waals surface area contributed by atoms with Crippen LogP contribution in [0, 0.1) is 6.92 Å². The summed E-state index contributed by atoms with van der Waals surface area (Å²) in [7, 11) is 0. The van der Waals surface area contributed by atoms with Crippen molar-refractivity contribution in [1.82, 2.24) is 5.32 Å². The molecule has 1 fully saturated rings. The van der Waals surface area contributed by atoms with Crippen molar-refractivity contribution in [2.75, 3.05) is 13.1 Å². The first-order valence-corrected chi connectivity index (χ1v) is 10.9. The molecule has 1 N–H and O–H groups in total. The second-order valence-corrected chi connectivity index (χ2v) is 8.64. The average molecular weight is 420 g/mol. The van der Waals surface area contributed by atoms with E-state index < -0.39 is 5.60 Å². The van der Waals surface area contributed by atoms with E-state index in [9.17, 15) is 0 Å². The molecule has 30 heavy (non-hydrogen) atoms. The third kappa shape index (κ3) is 3.46. The summed E-state index contributed by atoms with van der Waals surface area (Å²) >= 11 is 6.19. The molecule has 0 spiro atoms.